The summed E-state index contributed by atoms with van der Waals surface area (Å²) in [4.78, 5) is 1.46. The Morgan fingerprint density at radius 2 is 1.55 bits per heavy atom. The Labute approximate surface area is 182 Å². The van der Waals surface area contributed by atoms with Crippen molar-refractivity contribution < 1.29 is 16.8 Å². The van der Waals surface area contributed by atoms with E-state index in [4.69, 9.17) is 23.2 Å². The van der Waals surface area contributed by atoms with Crippen molar-refractivity contribution in [3.8, 4) is 0 Å². The van der Waals surface area contributed by atoms with Crippen molar-refractivity contribution in [1.82, 2.24) is 4.31 Å². The van der Waals surface area contributed by atoms with Crippen LogP contribution in [0, 0.1) is 0 Å². The molecule has 0 spiro atoms. The maximum absolute atomic E-state index is 12.9. The van der Waals surface area contributed by atoms with Crippen molar-refractivity contribution in [3.05, 3.63) is 46.4 Å². The van der Waals surface area contributed by atoms with Gasteiger partial charge in [-0.3, -0.25) is 4.72 Å². The predicted molar refractivity (Wildman–Crippen MR) is 118 cm³/mol. The molecule has 0 amide bonds. The van der Waals surface area contributed by atoms with Crippen molar-refractivity contribution in [2.24, 2.45) is 0 Å². The van der Waals surface area contributed by atoms with Crippen LogP contribution in [0.2, 0.25) is 10.0 Å². The highest BCUT2D eigenvalue weighted by atomic mass is 35.5. The monoisotopic (exact) mass is 479 g/mol. The summed E-state index contributed by atoms with van der Waals surface area (Å²) in [5.41, 5.74) is 0.601. The number of hydrogen-bond acceptors (Lipinski definition) is 5. The van der Waals surface area contributed by atoms with E-state index in [-0.39, 0.29) is 25.5 Å². The molecular formula is C18H23Cl2N3O4S2. The first-order valence-corrected chi connectivity index (χ1v) is 12.4. The topological polar surface area (TPSA) is 86.8 Å². The summed E-state index contributed by atoms with van der Waals surface area (Å²) in [6, 6.07) is 8.40. The normalized spacial score (nSPS) is 12.2. The second kappa shape index (κ2) is 9.09. The summed E-state index contributed by atoms with van der Waals surface area (Å²) in [5.74, 6) is 0. The zero-order valence-electron chi connectivity index (χ0n) is 16.5. The molecule has 0 aliphatic rings. The second-order valence-electron chi connectivity index (χ2n) is 6.34. The van der Waals surface area contributed by atoms with E-state index in [1.807, 2.05) is 0 Å². The number of nitrogens with zero attached hydrogens (tertiary/aromatic N) is 2. The van der Waals surface area contributed by atoms with E-state index in [9.17, 15) is 16.8 Å². The molecule has 0 unspecified atom stereocenters. The molecule has 0 aliphatic heterocycles. The van der Waals surface area contributed by atoms with Crippen molar-refractivity contribution in [2.45, 2.75) is 23.6 Å². The molecule has 11 heteroatoms. The molecule has 7 nitrogen and oxygen atoms in total. The zero-order chi connectivity index (χ0) is 22.0. The molecule has 0 atom stereocenters. The maximum atomic E-state index is 12.9. The summed E-state index contributed by atoms with van der Waals surface area (Å²) in [6.45, 7) is 4.07. The third kappa shape index (κ3) is 5.16. The van der Waals surface area contributed by atoms with E-state index in [0.717, 1.165) is 0 Å². The van der Waals surface area contributed by atoms with Crippen molar-refractivity contribution >= 4 is 54.6 Å². The van der Waals surface area contributed by atoms with Gasteiger partial charge in [-0.2, -0.15) is 4.31 Å². The highest BCUT2D eigenvalue weighted by Gasteiger charge is 2.25. The van der Waals surface area contributed by atoms with E-state index in [2.05, 4.69) is 4.72 Å². The van der Waals surface area contributed by atoms with Gasteiger partial charge in [-0.05, 0) is 36.4 Å². The molecule has 0 aliphatic carbocycles. The van der Waals surface area contributed by atoms with Gasteiger partial charge in [-0.1, -0.05) is 37.0 Å². The minimum Gasteiger partial charge on any atom is -0.376 e. The smallest absolute Gasteiger partial charge is 0.263 e. The Balaban J connectivity index is 2.60. The first-order valence-electron chi connectivity index (χ1n) is 8.73. The molecule has 1 N–H and O–H groups in total. The van der Waals surface area contributed by atoms with E-state index >= 15 is 0 Å². The average Bonchev–Trinajstić information content (AvgIpc) is 2.63. The number of anilines is 2. The van der Waals surface area contributed by atoms with Gasteiger partial charge in [-0.15, -0.1) is 0 Å². The van der Waals surface area contributed by atoms with E-state index in [1.165, 1.54) is 34.6 Å². The lowest BCUT2D eigenvalue weighted by atomic mass is 10.2. The van der Waals surface area contributed by atoms with Crippen LogP contribution in [0.3, 0.4) is 0 Å². The molecule has 0 fully saturated rings. The summed E-state index contributed by atoms with van der Waals surface area (Å²) in [7, 11) is -4.45. The van der Waals surface area contributed by atoms with Crippen LogP contribution < -0.4 is 9.62 Å². The molecule has 160 valence electrons. The average molecular weight is 480 g/mol. The lowest BCUT2D eigenvalue weighted by Gasteiger charge is -2.22. The van der Waals surface area contributed by atoms with Gasteiger partial charge in [0.25, 0.3) is 10.0 Å². The summed E-state index contributed by atoms with van der Waals surface area (Å²) >= 11 is 12.0. The van der Waals surface area contributed by atoms with Crippen LogP contribution in [0.4, 0.5) is 11.4 Å². The highest BCUT2D eigenvalue weighted by Crippen LogP contribution is 2.33. The zero-order valence-corrected chi connectivity index (χ0v) is 19.6. The molecular weight excluding hydrogens is 457 g/mol. The highest BCUT2D eigenvalue weighted by molar-refractivity contribution is 7.93. The third-order valence-corrected chi connectivity index (χ3v) is 8.35. The van der Waals surface area contributed by atoms with Crippen LogP contribution in [0.25, 0.3) is 0 Å². The molecule has 0 bridgehead atoms. The third-order valence-electron chi connectivity index (χ3n) is 4.22. The van der Waals surface area contributed by atoms with Crippen molar-refractivity contribution in [1.29, 1.82) is 0 Å². The fraction of sp³-hybridized carbons (Fsp3) is 0.333. The molecule has 29 heavy (non-hydrogen) atoms. The lowest BCUT2D eigenvalue weighted by molar-refractivity contribution is 0.445. The first-order chi connectivity index (χ1) is 13.4. The molecule has 0 saturated heterocycles. The quantitative estimate of drug-likeness (QED) is 0.620. The minimum absolute atomic E-state index is 0.000204. The number of rotatable bonds is 8. The van der Waals surface area contributed by atoms with E-state index in [0.29, 0.717) is 18.8 Å². The van der Waals surface area contributed by atoms with Crippen LogP contribution in [0.5, 0.6) is 0 Å². The second-order valence-corrected chi connectivity index (χ2v) is 10.8. The van der Waals surface area contributed by atoms with Crippen LogP contribution in [-0.2, 0) is 20.0 Å². The Morgan fingerprint density at radius 1 is 0.931 bits per heavy atom. The summed E-state index contributed by atoms with van der Waals surface area (Å²) in [5, 5.41) is 0.209. The molecule has 0 radical (unpaired) electrons. The first kappa shape index (κ1) is 23.8. The predicted octanol–water partition coefficient (Wildman–Crippen LogP) is 3.89. The van der Waals surface area contributed by atoms with Gasteiger partial charge in [0, 0.05) is 32.2 Å². The summed E-state index contributed by atoms with van der Waals surface area (Å²) in [6.07, 6.45) is 0. The molecule has 2 aromatic rings. The fourth-order valence-electron chi connectivity index (χ4n) is 2.74. The van der Waals surface area contributed by atoms with Crippen LogP contribution >= 0.6 is 23.2 Å². The van der Waals surface area contributed by atoms with Crippen LogP contribution in [0.1, 0.15) is 13.8 Å². The standard InChI is InChI=1S/C18H23Cl2N3O4S2/c1-5-23(6-2)29(26,27)14-8-10-17(22(3)4)16(12-14)21-28(24,25)18-11-13(19)7-9-15(18)20/h7-12,21H,5-6H2,1-4H3. The number of hydrogen-bond donors (Lipinski definition) is 1. The number of benzene rings is 2. The maximum Gasteiger partial charge on any atom is 0.263 e. The summed E-state index contributed by atoms with van der Waals surface area (Å²) < 4.78 is 55.3. The Bertz CT molecular complexity index is 1100. The fourth-order valence-corrected chi connectivity index (χ4v) is 6.06. The van der Waals surface area contributed by atoms with Gasteiger partial charge >= 0.3 is 0 Å². The SMILES string of the molecule is CCN(CC)S(=O)(=O)c1ccc(N(C)C)c(NS(=O)(=O)c2cc(Cl)ccc2Cl)c1. The molecule has 0 saturated carbocycles. The minimum atomic E-state index is -4.12. The van der Waals surface area contributed by atoms with Gasteiger partial charge in [0.1, 0.15) is 4.90 Å². The van der Waals surface area contributed by atoms with Crippen molar-refractivity contribution in [3.63, 3.8) is 0 Å². The van der Waals surface area contributed by atoms with Gasteiger partial charge < -0.3 is 4.90 Å². The van der Waals surface area contributed by atoms with Crippen LogP contribution in [0.15, 0.2) is 46.2 Å². The van der Waals surface area contributed by atoms with Gasteiger partial charge in [-0.25, -0.2) is 16.8 Å². The molecule has 2 aromatic carbocycles. The van der Waals surface area contributed by atoms with Gasteiger partial charge in [0.2, 0.25) is 10.0 Å². The van der Waals surface area contributed by atoms with E-state index in [1.54, 1.807) is 38.9 Å². The van der Waals surface area contributed by atoms with Crippen molar-refractivity contribution in [2.75, 3.05) is 36.8 Å². The van der Waals surface area contributed by atoms with E-state index < -0.39 is 20.0 Å². The Morgan fingerprint density at radius 3 is 2.10 bits per heavy atom. The Kier molecular flexibility index (Phi) is 7.45. The molecule has 2 rings (SSSR count). The number of halogens is 2. The van der Waals surface area contributed by atoms with Crippen LogP contribution in [-0.4, -0.2) is 48.3 Å². The number of sulfonamides is 2. The molecule has 0 heterocycles. The molecule has 0 aromatic heterocycles. The van der Waals surface area contributed by atoms with Gasteiger partial charge in [0.05, 0.1) is 21.3 Å². The largest absolute Gasteiger partial charge is 0.376 e. The number of nitrogens with one attached hydrogen (secondary N) is 1. The Hall–Kier alpha value is -1.52. The lowest BCUT2D eigenvalue weighted by Crippen LogP contribution is -2.30. The van der Waals surface area contributed by atoms with Gasteiger partial charge in [0.15, 0.2) is 0 Å².